The number of nitrogens with one attached hydrogen (secondary N) is 1. The molecule has 1 saturated heterocycles. The molecule has 0 aliphatic carbocycles. The van der Waals surface area contributed by atoms with Crippen LogP contribution in [-0.4, -0.2) is 51.9 Å². The molecular weight excluding hydrogens is 416 g/mol. The number of hydrogen-bond donors (Lipinski definition) is 1. The van der Waals surface area contributed by atoms with Crippen LogP contribution in [0.25, 0.3) is 5.69 Å². The largest absolute Gasteiger partial charge is 0.444 e. The fourth-order valence-electron chi connectivity index (χ4n) is 4.05. The van der Waals surface area contributed by atoms with Gasteiger partial charge in [0.15, 0.2) is 0 Å². The number of amides is 2. The number of piperidine rings is 1. The summed E-state index contributed by atoms with van der Waals surface area (Å²) in [6.07, 6.45) is 3.84. The van der Waals surface area contributed by atoms with E-state index in [-0.39, 0.29) is 17.9 Å². The average Bonchev–Trinajstić information content (AvgIpc) is 3.18. The first-order valence-electron chi connectivity index (χ1n) is 12.0. The lowest BCUT2D eigenvalue weighted by atomic mass is 9.90. The Morgan fingerprint density at radius 3 is 2.36 bits per heavy atom. The van der Waals surface area contributed by atoms with Crippen molar-refractivity contribution in [1.29, 1.82) is 0 Å². The van der Waals surface area contributed by atoms with E-state index in [1.807, 2.05) is 56.6 Å². The molecule has 2 heterocycles. The minimum absolute atomic E-state index is 0.0846. The van der Waals surface area contributed by atoms with E-state index in [0.29, 0.717) is 31.1 Å². The molecule has 2 amide bonds. The smallest absolute Gasteiger partial charge is 0.410 e. The molecule has 0 bridgehead atoms. The molecule has 1 N–H and O–H groups in total. The molecule has 1 aliphatic heterocycles. The lowest BCUT2D eigenvalue weighted by Crippen LogP contribution is -2.41. The first-order valence-corrected chi connectivity index (χ1v) is 12.0. The zero-order valence-corrected chi connectivity index (χ0v) is 20.9. The van der Waals surface area contributed by atoms with E-state index in [1.54, 1.807) is 11.1 Å². The molecule has 33 heavy (non-hydrogen) atoms. The molecule has 0 unspecified atom stereocenters. The summed E-state index contributed by atoms with van der Waals surface area (Å²) in [6, 6.07) is 8.16. The quantitative estimate of drug-likeness (QED) is 0.661. The van der Waals surface area contributed by atoms with E-state index >= 15 is 0 Å². The monoisotopic (exact) mass is 454 g/mol. The van der Waals surface area contributed by atoms with Gasteiger partial charge in [-0.05, 0) is 65.0 Å². The normalized spacial score (nSPS) is 15.1. The van der Waals surface area contributed by atoms with Crippen LogP contribution < -0.4 is 5.32 Å². The molecule has 7 heteroatoms. The summed E-state index contributed by atoms with van der Waals surface area (Å²) in [6.45, 7) is 13.8. The predicted octanol–water partition coefficient (Wildman–Crippen LogP) is 5.07. The third-order valence-electron chi connectivity index (χ3n) is 5.87. The van der Waals surface area contributed by atoms with Gasteiger partial charge in [0, 0.05) is 25.6 Å². The van der Waals surface area contributed by atoms with E-state index in [2.05, 4.69) is 24.3 Å². The number of ether oxygens (including phenoxy) is 1. The van der Waals surface area contributed by atoms with E-state index in [0.717, 1.165) is 30.6 Å². The Morgan fingerprint density at radius 1 is 1.15 bits per heavy atom. The van der Waals surface area contributed by atoms with Gasteiger partial charge in [-0.3, -0.25) is 4.79 Å². The molecule has 0 saturated carbocycles. The average molecular weight is 455 g/mol. The summed E-state index contributed by atoms with van der Waals surface area (Å²) in [7, 11) is 0. The first kappa shape index (κ1) is 24.8. The molecule has 7 nitrogen and oxygen atoms in total. The number of aryl methyl sites for hydroxylation is 1. The van der Waals surface area contributed by atoms with Gasteiger partial charge < -0.3 is 15.0 Å². The summed E-state index contributed by atoms with van der Waals surface area (Å²) in [5.74, 6) is 0.564. The summed E-state index contributed by atoms with van der Waals surface area (Å²) >= 11 is 0. The van der Waals surface area contributed by atoms with Crippen LogP contribution >= 0.6 is 0 Å². The van der Waals surface area contributed by atoms with Crippen LogP contribution in [0.4, 0.5) is 4.79 Å². The standard InChI is InChI=1S/C26H38N4O3/c1-18(2)11-14-27-24(31)22-17-28-30(21-9-7-19(3)8-10-21)23(22)20-12-15-29(16-13-20)25(32)33-26(4,5)6/h7-10,17-18,20H,11-16H2,1-6H3,(H,27,31). The number of rotatable bonds is 6. The van der Waals surface area contributed by atoms with Crippen molar-refractivity contribution in [2.75, 3.05) is 19.6 Å². The number of nitrogens with zero attached hydrogens (tertiary/aromatic N) is 3. The minimum atomic E-state index is -0.515. The van der Waals surface area contributed by atoms with Gasteiger partial charge in [-0.25, -0.2) is 9.48 Å². The second-order valence-electron chi connectivity index (χ2n) is 10.4. The highest BCUT2D eigenvalue weighted by atomic mass is 16.6. The van der Waals surface area contributed by atoms with Crippen LogP contribution in [0.1, 0.15) is 81.4 Å². The Morgan fingerprint density at radius 2 is 1.79 bits per heavy atom. The van der Waals surface area contributed by atoms with Crippen molar-refractivity contribution in [3.05, 3.63) is 47.3 Å². The van der Waals surface area contributed by atoms with Crippen molar-refractivity contribution in [3.63, 3.8) is 0 Å². The number of hydrogen-bond acceptors (Lipinski definition) is 4. The van der Waals surface area contributed by atoms with Crippen molar-refractivity contribution in [1.82, 2.24) is 20.0 Å². The van der Waals surface area contributed by atoms with Crippen LogP contribution in [0.2, 0.25) is 0 Å². The highest BCUT2D eigenvalue weighted by Gasteiger charge is 2.32. The number of benzene rings is 1. The highest BCUT2D eigenvalue weighted by Crippen LogP contribution is 2.32. The van der Waals surface area contributed by atoms with Crippen LogP contribution in [0.15, 0.2) is 30.5 Å². The highest BCUT2D eigenvalue weighted by molar-refractivity contribution is 5.95. The molecule has 180 valence electrons. The van der Waals surface area contributed by atoms with Gasteiger partial charge in [-0.1, -0.05) is 31.5 Å². The van der Waals surface area contributed by atoms with Gasteiger partial charge in [-0.2, -0.15) is 5.10 Å². The van der Waals surface area contributed by atoms with Crippen molar-refractivity contribution in [2.24, 2.45) is 5.92 Å². The fraction of sp³-hybridized carbons (Fsp3) is 0.577. The van der Waals surface area contributed by atoms with Gasteiger partial charge in [0.05, 0.1) is 23.1 Å². The number of likely N-dealkylation sites (tertiary alicyclic amines) is 1. The van der Waals surface area contributed by atoms with Gasteiger partial charge in [0.25, 0.3) is 5.91 Å². The lowest BCUT2D eigenvalue weighted by molar-refractivity contribution is 0.0203. The molecular formula is C26H38N4O3. The molecule has 3 rings (SSSR count). The molecule has 0 spiro atoms. The first-order chi connectivity index (χ1) is 15.5. The molecule has 1 aromatic heterocycles. The SMILES string of the molecule is Cc1ccc(-n2ncc(C(=O)NCCC(C)C)c2C2CCN(C(=O)OC(C)(C)C)CC2)cc1. The topological polar surface area (TPSA) is 76.5 Å². The summed E-state index contributed by atoms with van der Waals surface area (Å²) in [5, 5.41) is 7.67. The summed E-state index contributed by atoms with van der Waals surface area (Å²) in [4.78, 5) is 27.3. The van der Waals surface area contributed by atoms with E-state index in [4.69, 9.17) is 4.74 Å². The third-order valence-corrected chi connectivity index (χ3v) is 5.87. The van der Waals surface area contributed by atoms with Crippen molar-refractivity contribution in [3.8, 4) is 5.69 Å². The molecule has 0 atom stereocenters. The van der Waals surface area contributed by atoms with Crippen molar-refractivity contribution < 1.29 is 14.3 Å². The van der Waals surface area contributed by atoms with Gasteiger partial charge in [0.1, 0.15) is 5.60 Å². The maximum Gasteiger partial charge on any atom is 0.410 e. The third kappa shape index (κ3) is 6.59. The van der Waals surface area contributed by atoms with Crippen molar-refractivity contribution in [2.45, 2.75) is 72.3 Å². The Hall–Kier alpha value is -2.83. The predicted molar refractivity (Wildman–Crippen MR) is 130 cm³/mol. The zero-order chi connectivity index (χ0) is 24.2. The Bertz CT molecular complexity index is 949. The number of carbonyl (C=O) groups is 2. The Balaban J connectivity index is 1.82. The number of carbonyl (C=O) groups excluding carboxylic acids is 2. The van der Waals surface area contributed by atoms with Gasteiger partial charge >= 0.3 is 6.09 Å². The number of aromatic nitrogens is 2. The van der Waals surface area contributed by atoms with Crippen molar-refractivity contribution >= 4 is 12.0 Å². The molecule has 1 aliphatic rings. The van der Waals surface area contributed by atoms with E-state index in [9.17, 15) is 9.59 Å². The minimum Gasteiger partial charge on any atom is -0.444 e. The molecule has 0 radical (unpaired) electrons. The maximum absolute atomic E-state index is 13.1. The van der Waals surface area contributed by atoms with E-state index < -0.39 is 5.60 Å². The zero-order valence-electron chi connectivity index (χ0n) is 20.9. The van der Waals surface area contributed by atoms with Crippen LogP contribution in [0, 0.1) is 12.8 Å². The van der Waals surface area contributed by atoms with Crippen LogP contribution in [-0.2, 0) is 4.74 Å². The summed E-state index contributed by atoms with van der Waals surface area (Å²) in [5.41, 5.74) is 3.13. The van der Waals surface area contributed by atoms with E-state index in [1.165, 1.54) is 5.56 Å². The molecule has 1 aromatic carbocycles. The maximum atomic E-state index is 13.1. The Labute approximate surface area is 197 Å². The van der Waals surface area contributed by atoms with Crippen LogP contribution in [0.5, 0.6) is 0 Å². The van der Waals surface area contributed by atoms with Gasteiger partial charge in [-0.15, -0.1) is 0 Å². The van der Waals surface area contributed by atoms with Gasteiger partial charge in [0.2, 0.25) is 0 Å². The summed E-state index contributed by atoms with van der Waals surface area (Å²) < 4.78 is 7.43. The Kier molecular flexibility index (Phi) is 7.82. The second-order valence-corrected chi connectivity index (χ2v) is 10.4. The fourth-order valence-corrected chi connectivity index (χ4v) is 4.05. The second kappa shape index (κ2) is 10.4. The lowest BCUT2D eigenvalue weighted by Gasteiger charge is -2.34. The molecule has 2 aromatic rings. The van der Waals surface area contributed by atoms with Crippen LogP contribution in [0.3, 0.4) is 0 Å². The molecule has 1 fully saturated rings.